The Morgan fingerprint density at radius 1 is 1.13 bits per heavy atom. The molecule has 0 fully saturated rings. The standard InChI is InChI=1S/C21H15N7O2/c22-19-21-25-20(18-4-2-12-30-18)26-28(21)13-15(24-19)3-1-11-29-17-7-5-16(6-8-17)27-10-9-23-14-27/h2,4-10,12-14H,11H2,(H2,22,24). The zero-order chi connectivity index (χ0) is 20.3. The van der Waals surface area contributed by atoms with Gasteiger partial charge in [-0.1, -0.05) is 5.92 Å². The summed E-state index contributed by atoms with van der Waals surface area (Å²) >= 11 is 0. The van der Waals surface area contributed by atoms with E-state index in [1.807, 2.05) is 35.0 Å². The number of aromatic nitrogens is 6. The van der Waals surface area contributed by atoms with E-state index in [9.17, 15) is 0 Å². The molecule has 0 aliphatic heterocycles. The van der Waals surface area contributed by atoms with Gasteiger partial charge in [0.05, 0.1) is 18.8 Å². The molecule has 0 bridgehead atoms. The molecule has 0 aliphatic rings. The lowest BCUT2D eigenvalue weighted by molar-refractivity contribution is 0.370. The molecule has 30 heavy (non-hydrogen) atoms. The third-order valence-corrected chi connectivity index (χ3v) is 4.25. The van der Waals surface area contributed by atoms with E-state index in [-0.39, 0.29) is 12.4 Å². The molecule has 0 saturated heterocycles. The molecule has 4 heterocycles. The Balaban J connectivity index is 1.28. The summed E-state index contributed by atoms with van der Waals surface area (Å²) in [5, 5.41) is 4.37. The van der Waals surface area contributed by atoms with E-state index in [4.69, 9.17) is 14.9 Å². The van der Waals surface area contributed by atoms with Crippen molar-refractivity contribution in [2.45, 2.75) is 0 Å². The lowest BCUT2D eigenvalue weighted by atomic mass is 10.3. The predicted octanol–water partition coefficient (Wildman–Crippen LogP) is 2.58. The van der Waals surface area contributed by atoms with E-state index < -0.39 is 0 Å². The first-order chi connectivity index (χ1) is 14.8. The molecule has 9 heteroatoms. The van der Waals surface area contributed by atoms with Gasteiger partial charge in [0.1, 0.15) is 18.1 Å². The van der Waals surface area contributed by atoms with Crippen LogP contribution < -0.4 is 10.5 Å². The summed E-state index contributed by atoms with van der Waals surface area (Å²) < 4.78 is 14.4. The minimum Gasteiger partial charge on any atom is -0.481 e. The second-order valence-corrected chi connectivity index (χ2v) is 6.25. The zero-order valence-corrected chi connectivity index (χ0v) is 15.6. The van der Waals surface area contributed by atoms with Crippen LogP contribution in [0.1, 0.15) is 5.69 Å². The van der Waals surface area contributed by atoms with E-state index in [1.54, 1.807) is 41.6 Å². The van der Waals surface area contributed by atoms with Gasteiger partial charge in [-0.15, -0.1) is 5.10 Å². The number of furan rings is 1. The third-order valence-electron chi connectivity index (χ3n) is 4.25. The van der Waals surface area contributed by atoms with Crippen molar-refractivity contribution in [1.82, 2.24) is 29.1 Å². The molecule has 2 N–H and O–H groups in total. The fourth-order valence-corrected chi connectivity index (χ4v) is 2.86. The van der Waals surface area contributed by atoms with E-state index >= 15 is 0 Å². The third kappa shape index (κ3) is 3.45. The van der Waals surface area contributed by atoms with Crippen LogP contribution in [0.3, 0.4) is 0 Å². The van der Waals surface area contributed by atoms with Crippen LogP contribution in [0.25, 0.3) is 22.9 Å². The highest BCUT2D eigenvalue weighted by Crippen LogP contribution is 2.19. The lowest BCUT2D eigenvalue weighted by Crippen LogP contribution is -2.00. The second kappa shape index (κ2) is 7.44. The summed E-state index contributed by atoms with van der Waals surface area (Å²) in [6, 6.07) is 11.2. The molecule has 5 rings (SSSR count). The number of benzene rings is 1. The van der Waals surface area contributed by atoms with Crippen LogP contribution in [-0.2, 0) is 0 Å². The summed E-state index contributed by atoms with van der Waals surface area (Å²) in [4.78, 5) is 12.6. The number of nitrogen functional groups attached to an aromatic ring is 1. The molecule has 0 aliphatic carbocycles. The number of fused-ring (bicyclic) bond motifs is 1. The van der Waals surface area contributed by atoms with Crippen molar-refractivity contribution < 1.29 is 9.15 Å². The van der Waals surface area contributed by atoms with Gasteiger partial charge in [0, 0.05) is 18.1 Å². The summed E-state index contributed by atoms with van der Waals surface area (Å²) in [5.74, 6) is 7.81. The monoisotopic (exact) mass is 397 g/mol. The van der Waals surface area contributed by atoms with E-state index in [0.717, 1.165) is 11.4 Å². The first-order valence-electron chi connectivity index (χ1n) is 9.03. The highest BCUT2D eigenvalue weighted by atomic mass is 16.5. The first kappa shape index (κ1) is 17.5. The molecule has 9 nitrogen and oxygen atoms in total. The predicted molar refractivity (Wildman–Crippen MR) is 109 cm³/mol. The number of imidazole rings is 1. The smallest absolute Gasteiger partial charge is 0.218 e. The highest BCUT2D eigenvalue weighted by molar-refractivity contribution is 5.63. The molecule has 0 spiro atoms. The van der Waals surface area contributed by atoms with Gasteiger partial charge < -0.3 is 19.5 Å². The van der Waals surface area contributed by atoms with Crippen molar-refractivity contribution >= 4 is 11.5 Å². The molecule has 0 radical (unpaired) electrons. The van der Waals surface area contributed by atoms with Crippen LogP contribution in [0.4, 0.5) is 5.82 Å². The lowest BCUT2D eigenvalue weighted by Gasteiger charge is -2.04. The van der Waals surface area contributed by atoms with Crippen molar-refractivity contribution in [3.63, 3.8) is 0 Å². The van der Waals surface area contributed by atoms with Gasteiger partial charge in [0.25, 0.3) is 0 Å². The highest BCUT2D eigenvalue weighted by Gasteiger charge is 2.12. The first-order valence-corrected chi connectivity index (χ1v) is 9.03. The van der Waals surface area contributed by atoms with Crippen molar-refractivity contribution in [2.24, 2.45) is 0 Å². The summed E-state index contributed by atoms with van der Waals surface area (Å²) in [6.07, 6.45) is 8.57. The number of nitrogens with zero attached hydrogens (tertiary/aromatic N) is 6. The Labute approximate surface area is 170 Å². The average Bonchev–Trinajstić information content (AvgIpc) is 3.53. The van der Waals surface area contributed by atoms with Crippen LogP contribution in [0, 0.1) is 11.8 Å². The van der Waals surface area contributed by atoms with Crippen molar-refractivity contribution in [3.8, 4) is 34.9 Å². The van der Waals surface area contributed by atoms with Gasteiger partial charge in [-0.2, -0.15) is 0 Å². The molecule has 1 aromatic carbocycles. The Hall–Kier alpha value is -4.58. The summed E-state index contributed by atoms with van der Waals surface area (Å²) in [5.41, 5.74) is 7.92. The van der Waals surface area contributed by atoms with Crippen molar-refractivity contribution in [2.75, 3.05) is 12.3 Å². The quantitative estimate of drug-likeness (QED) is 0.464. The number of ether oxygens (including phenoxy) is 1. The van der Waals surface area contributed by atoms with Crippen LogP contribution in [-0.4, -0.2) is 35.7 Å². The van der Waals surface area contributed by atoms with E-state index in [1.165, 1.54) is 0 Å². The normalized spacial score (nSPS) is 10.7. The Morgan fingerprint density at radius 3 is 2.80 bits per heavy atom. The number of anilines is 1. The molecular formula is C21H15N7O2. The minimum atomic E-state index is 0.207. The van der Waals surface area contributed by atoms with E-state index in [2.05, 4.69) is 31.9 Å². The Morgan fingerprint density at radius 2 is 2.03 bits per heavy atom. The van der Waals surface area contributed by atoms with Gasteiger partial charge in [-0.25, -0.2) is 19.5 Å². The average molecular weight is 397 g/mol. The fraction of sp³-hybridized carbons (Fsp3) is 0.0476. The maximum atomic E-state index is 6.00. The van der Waals surface area contributed by atoms with Crippen LogP contribution in [0.15, 0.2) is 72.0 Å². The van der Waals surface area contributed by atoms with Crippen LogP contribution in [0.2, 0.25) is 0 Å². The molecule has 0 atom stereocenters. The maximum Gasteiger partial charge on any atom is 0.218 e. The molecule has 4 aromatic heterocycles. The number of rotatable bonds is 4. The van der Waals surface area contributed by atoms with Crippen LogP contribution in [0.5, 0.6) is 5.75 Å². The van der Waals surface area contributed by atoms with Gasteiger partial charge in [-0.3, -0.25) is 0 Å². The fourth-order valence-electron chi connectivity index (χ4n) is 2.86. The largest absolute Gasteiger partial charge is 0.481 e. The molecular weight excluding hydrogens is 382 g/mol. The molecule has 0 amide bonds. The second-order valence-electron chi connectivity index (χ2n) is 6.25. The number of hydrogen-bond acceptors (Lipinski definition) is 7. The van der Waals surface area contributed by atoms with Gasteiger partial charge in [-0.05, 0) is 42.3 Å². The molecule has 146 valence electrons. The summed E-state index contributed by atoms with van der Waals surface area (Å²) in [7, 11) is 0. The summed E-state index contributed by atoms with van der Waals surface area (Å²) in [6.45, 7) is 0.207. The number of nitrogens with two attached hydrogens (primary N) is 1. The Kier molecular flexibility index (Phi) is 4.35. The number of hydrogen-bond donors (Lipinski definition) is 1. The molecule has 0 saturated carbocycles. The maximum absolute atomic E-state index is 6.00. The van der Waals surface area contributed by atoms with E-state index in [0.29, 0.717) is 22.9 Å². The van der Waals surface area contributed by atoms with Crippen LogP contribution >= 0.6 is 0 Å². The topological polar surface area (TPSA) is 109 Å². The SMILES string of the molecule is Nc1nc(C#CCOc2ccc(-n3ccnc3)cc2)cn2nc(-c3ccco3)nc12. The molecule has 5 aromatic rings. The van der Waals surface area contributed by atoms with Crippen molar-refractivity contribution in [1.29, 1.82) is 0 Å². The van der Waals surface area contributed by atoms with Gasteiger partial charge in [0.15, 0.2) is 17.2 Å². The van der Waals surface area contributed by atoms with Gasteiger partial charge in [0.2, 0.25) is 5.82 Å². The zero-order valence-electron chi connectivity index (χ0n) is 15.6. The molecule has 0 unspecified atom stereocenters. The van der Waals surface area contributed by atoms with Crippen molar-refractivity contribution in [3.05, 3.63) is 73.3 Å². The Bertz CT molecular complexity index is 1340. The minimum absolute atomic E-state index is 0.207. The van der Waals surface area contributed by atoms with Gasteiger partial charge >= 0.3 is 0 Å².